The van der Waals surface area contributed by atoms with Crippen LogP contribution in [0.25, 0.3) is 0 Å². The topological polar surface area (TPSA) is 37.8 Å². The van der Waals surface area contributed by atoms with Gasteiger partial charge in [-0.15, -0.1) is 0 Å². The van der Waals surface area contributed by atoms with Crippen molar-refractivity contribution in [2.75, 3.05) is 11.9 Å². The molecule has 2 aliphatic rings. The second-order valence-electron chi connectivity index (χ2n) is 6.13. The number of aryl methyl sites for hydroxylation is 1. The third kappa shape index (κ3) is 2.15. The summed E-state index contributed by atoms with van der Waals surface area (Å²) in [6.45, 7) is 5.75. The maximum atomic E-state index is 4.42. The molecule has 0 saturated heterocycles. The molecule has 0 spiro atoms. The fraction of sp³-hybridized carbons (Fsp3) is 0.714. The average Bonchev–Trinajstić information content (AvgIpc) is 2.94. The second-order valence-corrected chi connectivity index (χ2v) is 6.13. The fourth-order valence-electron chi connectivity index (χ4n) is 2.82. The van der Waals surface area contributed by atoms with Crippen molar-refractivity contribution in [2.45, 2.75) is 46.0 Å². The molecule has 1 saturated carbocycles. The van der Waals surface area contributed by atoms with Crippen LogP contribution in [0, 0.1) is 11.3 Å². The predicted octanol–water partition coefficient (Wildman–Crippen LogP) is 2.81. The molecule has 1 unspecified atom stereocenters. The van der Waals surface area contributed by atoms with Crippen molar-refractivity contribution in [3.63, 3.8) is 0 Å². The molecular formula is C14H21N3. The zero-order valence-corrected chi connectivity index (χ0v) is 10.8. The van der Waals surface area contributed by atoms with Crippen LogP contribution in [0.4, 0.5) is 5.82 Å². The van der Waals surface area contributed by atoms with Gasteiger partial charge in [-0.1, -0.05) is 13.8 Å². The summed E-state index contributed by atoms with van der Waals surface area (Å²) in [5.41, 5.74) is 3.18. The van der Waals surface area contributed by atoms with Crippen LogP contribution in [0.15, 0.2) is 6.33 Å². The second kappa shape index (κ2) is 3.97. The molecule has 0 bridgehead atoms. The van der Waals surface area contributed by atoms with Crippen LogP contribution in [-0.4, -0.2) is 16.5 Å². The van der Waals surface area contributed by atoms with E-state index in [-0.39, 0.29) is 0 Å². The summed E-state index contributed by atoms with van der Waals surface area (Å²) in [6.07, 6.45) is 7.88. The van der Waals surface area contributed by atoms with Gasteiger partial charge >= 0.3 is 0 Å². The molecule has 1 N–H and O–H groups in total. The Bertz CT molecular complexity index is 425. The summed E-state index contributed by atoms with van der Waals surface area (Å²) < 4.78 is 0. The van der Waals surface area contributed by atoms with E-state index in [1.807, 2.05) is 0 Å². The number of hydrogen-bond donors (Lipinski definition) is 1. The van der Waals surface area contributed by atoms with Crippen molar-refractivity contribution < 1.29 is 0 Å². The molecular weight excluding hydrogens is 210 g/mol. The molecule has 17 heavy (non-hydrogen) atoms. The smallest absolute Gasteiger partial charge is 0.132 e. The molecule has 1 aromatic rings. The number of nitrogens with zero attached hydrogens (tertiary/aromatic N) is 2. The van der Waals surface area contributed by atoms with Gasteiger partial charge in [0.1, 0.15) is 12.1 Å². The predicted molar refractivity (Wildman–Crippen MR) is 69.1 cm³/mol. The summed E-state index contributed by atoms with van der Waals surface area (Å²) in [5.74, 6) is 1.91. The van der Waals surface area contributed by atoms with Gasteiger partial charge in [-0.3, -0.25) is 0 Å². The van der Waals surface area contributed by atoms with Gasteiger partial charge in [-0.05, 0) is 43.4 Å². The molecule has 92 valence electrons. The SMILES string of the molecule is CC1(C)CC1CNc1ncnc2c1CCCC2. The molecule has 2 aliphatic carbocycles. The van der Waals surface area contributed by atoms with Crippen LogP contribution in [0.3, 0.4) is 0 Å². The Hall–Kier alpha value is -1.12. The molecule has 0 aliphatic heterocycles. The Labute approximate surface area is 103 Å². The first kappa shape index (κ1) is 11.0. The molecule has 1 fully saturated rings. The Kier molecular flexibility index (Phi) is 2.57. The van der Waals surface area contributed by atoms with Crippen LogP contribution < -0.4 is 5.32 Å². The van der Waals surface area contributed by atoms with E-state index < -0.39 is 0 Å². The molecule has 0 radical (unpaired) electrons. The van der Waals surface area contributed by atoms with E-state index in [0.717, 1.165) is 31.1 Å². The molecule has 1 heterocycles. The highest BCUT2D eigenvalue weighted by Gasteiger charge is 2.45. The average molecular weight is 231 g/mol. The van der Waals surface area contributed by atoms with Crippen molar-refractivity contribution in [1.29, 1.82) is 0 Å². The molecule has 3 rings (SSSR count). The Morgan fingerprint density at radius 2 is 2.06 bits per heavy atom. The molecule has 1 atom stereocenters. The first-order chi connectivity index (χ1) is 8.17. The fourth-order valence-corrected chi connectivity index (χ4v) is 2.82. The summed E-state index contributed by atoms with van der Waals surface area (Å²) in [6, 6.07) is 0. The summed E-state index contributed by atoms with van der Waals surface area (Å²) >= 11 is 0. The summed E-state index contributed by atoms with van der Waals surface area (Å²) in [4.78, 5) is 8.82. The lowest BCUT2D eigenvalue weighted by Gasteiger charge is -2.18. The zero-order chi connectivity index (χ0) is 11.9. The van der Waals surface area contributed by atoms with Gasteiger partial charge in [0.2, 0.25) is 0 Å². The van der Waals surface area contributed by atoms with E-state index in [0.29, 0.717) is 5.41 Å². The van der Waals surface area contributed by atoms with Crippen LogP contribution in [0.1, 0.15) is 44.4 Å². The summed E-state index contributed by atoms with van der Waals surface area (Å²) in [7, 11) is 0. The molecule has 0 amide bonds. The normalized spacial score (nSPS) is 25.2. The van der Waals surface area contributed by atoms with E-state index in [1.54, 1.807) is 6.33 Å². The molecule has 3 heteroatoms. The largest absolute Gasteiger partial charge is 0.369 e. The van der Waals surface area contributed by atoms with Crippen LogP contribution in [-0.2, 0) is 12.8 Å². The van der Waals surface area contributed by atoms with Gasteiger partial charge < -0.3 is 5.32 Å². The Balaban J connectivity index is 1.70. The van der Waals surface area contributed by atoms with Crippen molar-refractivity contribution in [3.8, 4) is 0 Å². The van der Waals surface area contributed by atoms with Gasteiger partial charge in [0.15, 0.2) is 0 Å². The number of rotatable bonds is 3. The van der Waals surface area contributed by atoms with Crippen LogP contribution in [0.5, 0.6) is 0 Å². The lowest BCUT2D eigenvalue weighted by Crippen LogP contribution is -2.14. The third-order valence-corrected chi connectivity index (χ3v) is 4.36. The van der Waals surface area contributed by atoms with Gasteiger partial charge in [0, 0.05) is 17.8 Å². The minimum absolute atomic E-state index is 0.542. The van der Waals surface area contributed by atoms with Gasteiger partial charge in [0.25, 0.3) is 0 Å². The third-order valence-electron chi connectivity index (χ3n) is 4.36. The van der Waals surface area contributed by atoms with E-state index in [9.17, 15) is 0 Å². The van der Waals surface area contributed by atoms with Crippen LogP contribution >= 0.6 is 0 Å². The summed E-state index contributed by atoms with van der Waals surface area (Å²) in [5, 5.41) is 3.54. The van der Waals surface area contributed by atoms with Gasteiger partial charge in [0.05, 0.1) is 0 Å². The standard InChI is InChI=1S/C14H21N3/c1-14(2)7-10(14)8-15-13-11-5-3-4-6-12(11)16-9-17-13/h9-10H,3-8H2,1-2H3,(H,15,16,17). The number of aromatic nitrogens is 2. The lowest BCUT2D eigenvalue weighted by atomic mass is 9.96. The van der Waals surface area contributed by atoms with Crippen molar-refractivity contribution in [2.24, 2.45) is 11.3 Å². The Morgan fingerprint density at radius 3 is 2.82 bits per heavy atom. The lowest BCUT2D eigenvalue weighted by molar-refractivity contribution is 0.572. The highest BCUT2D eigenvalue weighted by atomic mass is 15.0. The highest BCUT2D eigenvalue weighted by Crippen LogP contribution is 2.51. The maximum Gasteiger partial charge on any atom is 0.132 e. The zero-order valence-electron chi connectivity index (χ0n) is 10.8. The quantitative estimate of drug-likeness (QED) is 0.869. The van der Waals surface area contributed by atoms with E-state index >= 15 is 0 Å². The van der Waals surface area contributed by atoms with Crippen molar-refractivity contribution in [3.05, 3.63) is 17.6 Å². The monoisotopic (exact) mass is 231 g/mol. The van der Waals surface area contributed by atoms with Crippen molar-refractivity contribution >= 4 is 5.82 Å². The highest BCUT2D eigenvalue weighted by molar-refractivity contribution is 5.47. The van der Waals surface area contributed by atoms with E-state index in [1.165, 1.54) is 30.5 Å². The minimum atomic E-state index is 0.542. The maximum absolute atomic E-state index is 4.42. The Morgan fingerprint density at radius 1 is 1.29 bits per heavy atom. The number of anilines is 1. The van der Waals surface area contributed by atoms with E-state index in [2.05, 4.69) is 29.1 Å². The first-order valence-electron chi connectivity index (χ1n) is 6.73. The minimum Gasteiger partial charge on any atom is -0.369 e. The molecule has 0 aromatic carbocycles. The molecule has 3 nitrogen and oxygen atoms in total. The number of nitrogens with one attached hydrogen (secondary N) is 1. The van der Waals surface area contributed by atoms with Gasteiger partial charge in [-0.25, -0.2) is 9.97 Å². The number of fused-ring (bicyclic) bond motifs is 1. The molecule has 1 aromatic heterocycles. The number of hydrogen-bond acceptors (Lipinski definition) is 3. The van der Waals surface area contributed by atoms with E-state index in [4.69, 9.17) is 0 Å². The van der Waals surface area contributed by atoms with Crippen LogP contribution in [0.2, 0.25) is 0 Å². The van der Waals surface area contributed by atoms with Gasteiger partial charge in [-0.2, -0.15) is 0 Å². The van der Waals surface area contributed by atoms with Crippen molar-refractivity contribution in [1.82, 2.24) is 9.97 Å². The first-order valence-corrected chi connectivity index (χ1v) is 6.73.